The van der Waals surface area contributed by atoms with Gasteiger partial charge in [0.15, 0.2) is 0 Å². The number of aromatic carboxylic acids is 1. The molecule has 18 heavy (non-hydrogen) atoms. The normalized spacial score (nSPS) is 10.3. The van der Waals surface area contributed by atoms with Gasteiger partial charge in [0.2, 0.25) is 11.1 Å². The van der Waals surface area contributed by atoms with E-state index < -0.39 is 17.1 Å². The van der Waals surface area contributed by atoms with E-state index in [4.69, 9.17) is 5.11 Å². The maximum absolute atomic E-state index is 11.3. The van der Waals surface area contributed by atoms with Crippen LogP contribution in [0.2, 0.25) is 0 Å². The highest BCUT2D eigenvalue weighted by molar-refractivity contribution is 7.98. The lowest BCUT2D eigenvalue weighted by Crippen LogP contribution is -2.20. The van der Waals surface area contributed by atoms with Crippen molar-refractivity contribution >= 4 is 17.7 Å². The minimum absolute atomic E-state index is 0.478. The summed E-state index contributed by atoms with van der Waals surface area (Å²) in [5, 5.41) is 12.7. The van der Waals surface area contributed by atoms with Crippen molar-refractivity contribution in [3.8, 4) is 5.69 Å². The third kappa shape index (κ3) is 2.28. The second kappa shape index (κ2) is 5.05. The summed E-state index contributed by atoms with van der Waals surface area (Å²) in [6.07, 6.45) is 3.38. The number of carboxylic acids is 1. The van der Waals surface area contributed by atoms with Crippen molar-refractivity contribution in [2.75, 3.05) is 6.26 Å². The highest BCUT2D eigenvalue weighted by Crippen LogP contribution is 2.22. The van der Waals surface area contributed by atoms with Crippen LogP contribution in [0.1, 0.15) is 10.5 Å². The van der Waals surface area contributed by atoms with Crippen molar-refractivity contribution in [2.45, 2.75) is 4.90 Å². The Labute approximate surface area is 107 Å². The lowest BCUT2D eigenvalue weighted by molar-refractivity contribution is 0.0687. The SMILES string of the molecule is CSc1ccccc1-n1ccc(=O)c(C(=O)O)n1. The van der Waals surface area contributed by atoms with Gasteiger partial charge in [-0.2, -0.15) is 5.10 Å². The molecule has 0 radical (unpaired) electrons. The molecule has 0 aliphatic rings. The Morgan fingerprint density at radius 3 is 2.72 bits per heavy atom. The Hall–Kier alpha value is -2.08. The van der Waals surface area contributed by atoms with Gasteiger partial charge in [-0.15, -0.1) is 11.8 Å². The summed E-state index contributed by atoms with van der Waals surface area (Å²) in [7, 11) is 0. The number of benzene rings is 1. The van der Waals surface area contributed by atoms with Gasteiger partial charge < -0.3 is 5.11 Å². The van der Waals surface area contributed by atoms with Crippen molar-refractivity contribution in [1.82, 2.24) is 9.78 Å². The molecule has 0 unspecified atom stereocenters. The number of rotatable bonds is 3. The van der Waals surface area contributed by atoms with E-state index in [2.05, 4.69) is 5.10 Å². The Balaban J connectivity index is 2.61. The van der Waals surface area contributed by atoms with E-state index in [-0.39, 0.29) is 0 Å². The number of thioether (sulfide) groups is 1. The van der Waals surface area contributed by atoms with Gasteiger partial charge >= 0.3 is 5.97 Å². The molecule has 0 amide bonds. The molecule has 6 heteroatoms. The third-order valence-corrected chi connectivity index (χ3v) is 3.13. The zero-order valence-electron chi connectivity index (χ0n) is 9.53. The first kappa shape index (κ1) is 12.4. The monoisotopic (exact) mass is 262 g/mol. The number of para-hydroxylation sites is 1. The van der Waals surface area contributed by atoms with Crippen LogP contribution in [-0.2, 0) is 0 Å². The topological polar surface area (TPSA) is 72.2 Å². The first-order valence-electron chi connectivity index (χ1n) is 5.10. The smallest absolute Gasteiger partial charge is 0.360 e. The van der Waals surface area contributed by atoms with Gasteiger partial charge in [-0.25, -0.2) is 9.48 Å². The fourth-order valence-electron chi connectivity index (χ4n) is 1.51. The number of hydrogen-bond acceptors (Lipinski definition) is 4. The summed E-state index contributed by atoms with van der Waals surface area (Å²) in [5.41, 5.74) is -0.332. The van der Waals surface area contributed by atoms with Crippen molar-refractivity contribution < 1.29 is 9.90 Å². The van der Waals surface area contributed by atoms with Gasteiger partial charge in [-0.1, -0.05) is 12.1 Å². The molecule has 0 spiro atoms. The third-order valence-electron chi connectivity index (χ3n) is 2.34. The predicted octanol–water partition coefficient (Wildman–Crippen LogP) is 1.65. The van der Waals surface area contributed by atoms with E-state index in [0.29, 0.717) is 0 Å². The fraction of sp³-hybridized carbons (Fsp3) is 0.0833. The van der Waals surface area contributed by atoms with Gasteiger partial charge in [0.25, 0.3) is 0 Å². The predicted molar refractivity (Wildman–Crippen MR) is 68.6 cm³/mol. The summed E-state index contributed by atoms with van der Waals surface area (Å²) < 4.78 is 1.40. The van der Waals surface area contributed by atoms with Gasteiger partial charge in [0.05, 0.1) is 5.69 Å². The summed E-state index contributed by atoms with van der Waals surface area (Å²) in [6, 6.07) is 8.63. The molecule has 0 aliphatic carbocycles. The fourth-order valence-corrected chi connectivity index (χ4v) is 2.09. The summed E-state index contributed by atoms with van der Waals surface area (Å²) in [6.45, 7) is 0. The average molecular weight is 262 g/mol. The largest absolute Gasteiger partial charge is 0.476 e. The van der Waals surface area contributed by atoms with Crippen LogP contribution in [0.3, 0.4) is 0 Å². The Morgan fingerprint density at radius 2 is 2.06 bits per heavy atom. The van der Waals surface area contributed by atoms with Crippen LogP contribution < -0.4 is 5.43 Å². The lowest BCUT2D eigenvalue weighted by atomic mass is 10.3. The van der Waals surface area contributed by atoms with E-state index in [9.17, 15) is 9.59 Å². The first-order valence-corrected chi connectivity index (χ1v) is 6.32. The van der Waals surface area contributed by atoms with Crippen molar-refractivity contribution in [3.63, 3.8) is 0 Å². The van der Waals surface area contributed by atoms with E-state index in [1.165, 1.54) is 28.7 Å². The molecular weight excluding hydrogens is 252 g/mol. The van der Waals surface area contributed by atoms with Crippen LogP contribution in [-0.4, -0.2) is 27.1 Å². The zero-order chi connectivity index (χ0) is 13.1. The number of carbonyl (C=O) groups is 1. The summed E-state index contributed by atoms with van der Waals surface area (Å²) in [5.74, 6) is -1.32. The van der Waals surface area contributed by atoms with E-state index in [1.807, 2.05) is 30.5 Å². The first-order chi connectivity index (χ1) is 8.63. The van der Waals surface area contributed by atoms with Crippen molar-refractivity contribution in [3.05, 3.63) is 52.4 Å². The van der Waals surface area contributed by atoms with E-state index >= 15 is 0 Å². The van der Waals surface area contributed by atoms with Crippen molar-refractivity contribution in [1.29, 1.82) is 0 Å². The zero-order valence-corrected chi connectivity index (χ0v) is 10.3. The molecule has 1 aromatic heterocycles. The van der Waals surface area contributed by atoms with Crippen LogP contribution in [0.25, 0.3) is 5.69 Å². The van der Waals surface area contributed by atoms with E-state index in [0.717, 1.165) is 10.6 Å². The standard InChI is InChI=1S/C12H10N2O3S/c1-18-10-5-3-2-4-8(10)14-7-6-9(15)11(13-14)12(16)17/h2-7H,1H3,(H,16,17). The number of aromatic nitrogens is 2. The Morgan fingerprint density at radius 1 is 1.33 bits per heavy atom. The molecule has 1 aromatic carbocycles. The number of carboxylic acid groups (broad SMARTS) is 1. The maximum atomic E-state index is 11.3. The van der Waals surface area contributed by atoms with Gasteiger partial charge in [0, 0.05) is 17.2 Å². The Bertz CT molecular complexity index is 652. The molecule has 0 fully saturated rings. The highest BCUT2D eigenvalue weighted by atomic mass is 32.2. The van der Waals surface area contributed by atoms with Gasteiger partial charge in [-0.05, 0) is 18.4 Å². The van der Waals surface area contributed by atoms with Gasteiger partial charge in [0.1, 0.15) is 0 Å². The second-order valence-corrected chi connectivity index (χ2v) is 4.30. The maximum Gasteiger partial charge on any atom is 0.360 e. The molecule has 1 heterocycles. The van der Waals surface area contributed by atoms with Crippen LogP contribution in [0.15, 0.2) is 46.2 Å². The van der Waals surface area contributed by atoms with Crippen molar-refractivity contribution in [2.24, 2.45) is 0 Å². The number of nitrogens with zero attached hydrogens (tertiary/aromatic N) is 2. The molecule has 92 valence electrons. The van der Waals surface area contributed by atoms with Crippen LogP contribution in [0, 0.1) is 0 Å². The molecule has 0 aliphatic heterocycles. The van der Waals surface area contributed by atoms with E-state index in [1.54, 1.807) is 0 Å². The second-order valence-electron chi connectivity index (χ2n) is 3.45. The highest BCUT2D eigenvalue weighted by Gasteiger charge is 2.12. The summed E-state index contributed by atoms with van der Waals surface area (Å²) >= 11 is 1.52. The molecule has 1 N–H and O–H groups in total. The minimum atomic E-state index is -1.32. The molecule has 2 aromatic rings. The number of hydrogen-bond donors (Lipinski definition) is 1. The molecule has 0 saturated carbocycles. The molecule has 0 bridgehead atoms. The van der Waals surface area contributed by atoms with Crippen LogP contribution in [0.4, 0.5) is 0 Å². The molecule has 0 saturated heterocycles. The molecule has 2 rings (SSSR count). The quantitative estimate of drug-likeness (QED) is 0.851. The molecule has 5 nitrogen and oxygen atoms in total. The van der Waals surface area contributed by atoms with Crippen LogP contribution >= 0.6 is 11.8 Å². The molecular formula is C12H10N2O3S. The lowest BCUT2D eigenvalue weighted by Gasteiger charge is -2.09. The minimum Gasteiger partial charge on any atom is -0.476 e. The Kier molecular flexibility index (Phi) is 3.47. The van der Waals surface area contributed by atoms with Gasteiger partial charge in [-0.3, -0.25) is 4.79 Å². The summed E-state index contributed by atoms with van der Waals surface area (Å²) in [4.78, 5) is 23.2. The van der Waals surface area contributed by atoms with Crippen LogP contribution in [0.5, 0.6) is 0 Å². The average Bonchev–Trinajstić information content (AvgIpc) is 2.39. The molecule has 0 atom stereocenters.